The van der Waals surface area contributed by atoms with Crippen LogP contribution in [0.3, 0.4) is 0 Å². The van der Waals surface area contributed by atoms with Gasteiger partial charge >= 0.3 is 0 Å². The number of nitrogens with zero attached hydrogens (tertiary/aromatic N) is 3. The third-order valence-electron chi connectivity index (χ3n) is 13.8. The first-order valence-corrected chi connectivity index (χ1v) is 23.5. The predicted octanol–water partition coefficient (Wildman–Crippen LogP) is 16.8. The summed E-state index contributed by atoms with van der Waals surface area (Å²) in [6, 6.07) is 70.2. The number of para-hydroxylation sites is 1. The largest absolute Gasteiger partial charge is 0.454 e. The second-order valence-electron chi connectivity index (χ2n) is 17.7. The third-order valence-corrected chi connectivity index (χ3v) is 15.0. The van der Waals surface area contributed by atoms with E-state index in [9.17, 15) is 0 Å². The standard InChI is InChI=1S/C61H39N3OS/c1-36-25-31-51(41-27-28-45-44-20-9-11-24-55(44)66-56(45)35-41)62-61(63-58(36)46-22-12-17-37-13-4-6-18-42(37)46)49-30-32-52(60-57(49)48-21-8-10-23-54(48)65-60)64-53-34-40-16-3-2-15-39(40)33-50(53)47-29-26-38-14-5-7-19-43(38)59(47)64/h2-24,26-36H,25H2,1H3/b51-31+,62-61-,63-58+. The molecular formula is C61H39N3OS. The number of hydrogen-bond acceptors (Lipinski definition) is 4. The average Bonchev–Trinajstić information content (AvgIpc) is 4.04. The molecule has 0 saturated heterocycles. The highest BCUT2D eigenvalue weighted by Gasteiger charge is 2.26. The lowest BCUT2D eigenvalue weighted by Gasteiger charge is -2.20. The van der Waals surface area contributed by atoms with Gasteiger partial charge in [-0.25, -0.2) is 9.98 Å². The van der Waals surface area contributed by atoms with Crippen molar-refractivity contribution in [3.63, 3.8) is 0 Å². The molecule has 1 atom stereocenters. The summed E-state index contributed by atoms with van der Waals surface area (Å²) in [6.45, 7) is 2.30. The second-order valence-corrected chi connectivity index (χ2v) is 18.7. The number of hydrogen-bond donors (Lipinski definition) is 0. The Balaban J connectivity index is 1.07. The number of amidine groups is 1. The minimum Gasteiger partial charge on any atom is -0.454 e. The zero-order valence-corrected chi connectivity index (χ0v) is 36.8. The summed E-state index contributed by atoms with van der Waals surface area (Å²) in [6.07, 6.45) is 3.11. The molecule has 4 heterocycles. The van der Waals surface area contributed by atoms with Crippen molar-refractivity contribution in [3.05, 3.63) is 217 Å². The maximum Gasteiger partial charge on any atom is 0.160 e. The van der Waals surface area contributed by atoms with E-state index in [0.29, 0.717) is 5.84 Å². The Morgan fingerprint density at radius 1 is 0.515 bits per heavy atom. The van der Waals surface area contributed by atoms with Gasteiger partial charge in [0.05, 0.1) is 28.1 Å². The molecular weight excluding hydrogens is 823 g/mol. The van der Waals surface area contributed by atoms with Gasteiger partial charge in [0.25, 0.3) is 0 Å². The van der Waals surface area contributed by atoms with E-state index < -0.39 is 0 Å². The summed E-state index contributed by atoms with van der Waals surface area (Å²) >= 11 is 1.83. The summed E-state index contributed by atoms with van der Waals surface area (Å²) in [5.41, 5.74) is 9.95. The number of rotatable bonds is 4. The quantitative estimate of drug-likeness (QED) is 0.174. The summed E-state index contributed by atoms with van der Waals surface area (Å²) in [5.74, 6) is 0.759. The number of benzene rings is 10. The molecule has 14 rings (SSSR count). The van der Waals surface area contributed by atoms with Crippen LogP contribution in [0.5, 0.6) is 0 Å². The molecule has 10 aromatic carbocycles. The summed E-state index contributed by atoms with van der Waals surface area (Å²) in [7, 11) is 0. The smallest absolute Gasteiger partial charge is 0.160 e. The van der Waals surface area contributed by atoms with Crippen LogP contribution in [0.15, 0.2) is 215 Å². The highest BCUT2D eigenvalue weighted by atomic mass is 32.1. The van der Waals surface area contributed by atoms with E-state index in [0.717, 1.165) is 73.2 Å². The Hall–Kier alpha value is -8.12. The normalized spacial score (nSPS) is 17.2. The van der Waals surface area contributed by atoms with E-state index in [1.807, 2.05) is 11.3 Å². The van der Waals surface area contributed by atoms with Crippen LogP contribution in [0.4, 0.5) is 0 Å². The zero-order valence-electron chi connectivity index (χ0n) is 36.0. The molecule has 1 unspecified atom stereocenters. The van der Waals surface area contributed by atoms with Crippen LogP contribution in [0.25, 0.3) is 108 Å². The summed E-state index contributed by atoms with van der Waals surface area (Å²) in [5, 5.41) is 14.2. The molecule has 13 aromatic rings. The Bertz CT molecular complexity index is 4290. The highest BCUT2D eigenvalue weighted by molar-refractivity contribution is 7.25. The Kier molecular flexibility index (Phi) is 8.16. The molecule has 66 heavy (non-hydrogen) atoms. The van der Waals surface area contributed by atoms with Crippen molar-refractivity contribution in [1.82, 2.24) is 4.57 Å². The van der Waals surface area contributed by atoms with Gasteiger partial charge in [-0.15, -0.1) is 11.3 Å². The topological polar surface area (TPSA) is 42.8 Å². The molecule has 0 aliphatic carbocycles. The lowest BCUT2D eigenvalue weighted by atomic mass is 9.90. The first-order valence-electron chi connectivity index (χ1n) is 22.7. The SMILES string of the molecule is CC1C/C=C(c2ccc3c(c2)sc2ccccc23)/N=C(c2ccc(-n3c4cc5ccccc5cc4c4ccc5ccccc5c43)c3oc4ccccc4c23)\N=C/1c1cccc2ccccc12. The van der Waals surface area contributed by atoms with Crippen molar-refractivity contribution >= 4 is 125 Å². The van der Waals surface area contributed by atoms with Gasteiger partial charge in [-0.3, -0.25) is 0 Å². The summed E-state index contributed by atoms with van der Waals surface area (Å²) < 4.78 is 12.1. The van der Waals surface area contributed by atoms with Crippen molar-refractivity contribution in [2.75, 3.05) is 0 Å². The van der Waals surface area contributed by atoms with Gasteiger partial charge < -0.3 is 8.98 Å². The van der Waals surface area contributed by atoms with E-state index in [2.05, 4.69) is 212 Å². The molecule has 3 aromatic heterocycles. The number of thiophene rings is 1. The van der Waals surface area contributed by atoms with Gasteiger partial charge in [-0.05, 0) is 75.8 Å². The molecule has 1 aliphatic heterocycles. The number of allylic oxidation sites excluding steroid dienone is 1. The van der Waals surface area contributed by atoms with Gasteiger partial charge in [0.15, 0.2) is 11.4 Å². The van der Waals surface area contributed by atoms with Gasteiger partial charge in [-0.1, -0.05) is 165 Å². The highest BCUT2D eigenvalue weighted by Crippen LogP contribution is 2.44. The van der Waals surface area contributed by atoms with Crippen molar-refractivity contribution in [3.8, 4) is 5.69 Å². The molecule has 0 saturated carbocycles. The second kappa shape index (κ2) is 14.4. The molecule has 4 nitrogen and oxygen atoms in total. The number of furan rings is 1. The van der Waals surface area contributed by atoms with Gasteiger partial charge in [-0.2, -0.15) is 0 Å². The van der Waals surface area contributed by atoms with Crippen LogP contribution in [-0.4, -0.2) is 16.1 Å². The fraction of sp³-hybridized carbons (Fsp3) is 0.0492. The van der Waals surface area contributed by atoms with E-state index in [1.165, 1.54) is 63.3 Å². The van der Waals surface area contributed by atoms with E-state index in [1.54, 1.807) is 0 Å². The molecule has 0 fully saturated rings. The van der Waals surface area contributed by atoms with Crippen molar-refractivity contribution in [1.29, 1.82) is 0 Å². The van der Waals surface area contributed by atoms with Gasteiger partial charge in [0.2, 0.25) is 0 Å². The van der Waals surface area contributed by atoms with Crippen LogP contribution < -0.4 is 0 Å². The predicted molar refractivity (Wildman–Crippen MR) is 281 cm³/mol. The monoisotopic (exact) mass is 861 g/mol. The Morgan fingerprint density at radius 2 is 1.20 bits per heavy atom. The van der Waals surface area contributed by atoms with E-state index >= 15 is 0 Å². The van der Waals surface area contributed by atoms with Crippen LogP contribution in [-0.2, 0) is 0 Å². The maximum absolute atomic E-state index is 7.13. The zero-order chi connectivity index (χ0) is 43.5. The fourth-order valence-corrected chi connectivity index (χ4v) is 11.8. The van der Waals surface area contributed by atoms with E-state index in [-0.39, 0.29) is 5.92 Å². The van der Waals surface area contributed by atoms with E-state index in [4.69, 9.17) is 14.4 Å². The Labute approximate surface area is 383 Å². The minimum absolute atomic E-state index is 0.0981. The molecule has 1 aliphatic rings. The molecule has 5 heteroatoms. The number of aliphatic imine (C=N–C) groups is 2. The van der Waals surface area contributed by atoms with Crippen molar-refractivity contribution < 1.29 is 4.42 Å². The van der Waals surface area contributed by atoms with Gasteiger partial charge in [0.1, 0.15) is 5.58 Å². The lowest BCUT2D eigenvalue weighted by Crippen LogP contribution is -2.17. The molecule has 0 N–H and O–H groups in total. The van der Waals surface area contributed by atoms with Gasteiger partial charge in [0, 0.05) is 69.7 Å². The van der Waals surface area contributed by atoms with Crippen LogP contribution in [0, 0.1) is 5.92 Å². The summed E-state index contributed by atoms with van der Waals surface area (Å²) in [4.78, 5) is 11.4. The first-order chi connectivity index (χ1) is 32.6. The van der Waals surface area contributed by atoms with Crippen molar-refractivity contribution in [2.45, 2.75) is 13.3 Å². The van der Waals surface area contributed by atoms with Crippen LogP contribution in [0.1, 0.15) is 30.0 Å². The van der Waals surface area contributed by atoms with Crippen LogP contribution in [0.2, 0.25) is 0 Å². The maximum atomic E-state index is 7.13. The third kappa shape index (κ3) is 5.63. The molecule has 0 spiro atoms. The molecule has 0 bridgehead atoms. The van der Waals surface area contributed by atoms with Crippen LogP contribution >= 0.6 is 11.3 Å². The number of aromatic nitrogens is 1. The Morgan fingerprint density at radius 3 is 2.06 bits per heavy atom. The average molecular weight is 862 g/mol. The van der Waals surface area contributed by atoms with Crippen molar-refractivity contribution in [2.24, 2.45) is 15.9 Å². The fourth-order valence-electron chi connectivity index (χ4n) is 10.7. The molecule has 310 valence electrons. The molecule has 0 radical (unpaired) electrons. The number of fused-ring (bicyclic) bond motifs is 13. The first kappa shape index (κ1) is 37.3. The lowest BCUT2D eigenvalue weighted by molar-refractivity contribution is 0.666. The minimum atomic E-state index is 0.0981. The molecule has 0 amide bonds.